The Bertz CT molecular complexity index is 890. The summed E-state index contributed by atoms with van der Waals surface area (Å²) < 4.78 is 5.18. The van der Waals surface area contributed by atoms with Crippen molar-refractivity contribution < 1.29 is 9.21 Å². The molecule has 3 aromatic rings. The summed E-state index contributed by atoms with van der Waals surface area (Å²) in [4.78, 5) is 18.6. The van der Waals surface area contributed by atoms with Crippen LogP contribution >= 0.6 is 12.4 Å². The Morgan fingerprint density at radius 1 is 1.23 bits per heavy atom. The molecule has 2 aromatic heterocycles. The fourth-order valence-electron chi connectivity index (χ4n) is 3.19. The Morgan fingerprint density at radius 2 is 2.00 bits per heavy atom. The molecular weight excluding hydrogens is 354 g/mol. The SMILES string of the molecule is Cl.NCc1nc(C(=O)N2CCc3[nH]nc(-c4ccccc4)c3CC2)co1. The summed E-state index contributed by atoms with van der Waals surface area (Å²) in [5.74, 6) is 0.252. The summed E-state index contributed by atoms with van der Waals surface area (Å²) in [6.45, 7) is 1.42. The lowest BCUT2D eigenvalue weighted by molar-refractivity contribution is 0.0757. The number of aromatic amines is 1. The molecule has 7 nitrogen and oxygen atoms in total. The van der Waals surface area contributed by atoms with Crippen molar-refractivity contribution in [1.82, 2.24) is 20.1 Å². The van der Waals surface area contributed by atoms with E-state index < -0.39 is 0 Å². The van der Waals surface area contributed by atoms with Gasteiger partial charge in [0.1, 0.15) is 6.26 Å². The van der Waals surface area contributed by atoms with Gasteiger partial charge < -0.3 is 15.1 Å². The molecule has 1 aliphatic heterocycles. The van der Waals surface area contributed by atoms with Crippen molar-refractivity contribution in [2.45, 2.75) is 19.4 Å². The number of carbonyl (C=O) groups excluding carboxylic acids is 1. The molecule has 0 spiro atoms. The predicted octanol–water partition coefficient (Wildman–Crippen LogP) is 2.19. The van der Waals surface area contributed by atoms with Crippen LogP contribution in [0.1, 0.15) is 27.6 Å². The lowest BCUT2D eigenvalue weighted by atomic mass is 10.0. The molecule has 8 heteroatoms. The van der Waals surface area contributed by atoms with Crippen LogP contribution in [-0.2, 0) is 19.4 Å². The Balaban J connectivity index is 0.00000196. The standard InChI is InChI=1S/C18H19N5O2.ClH/c19-10-16-20-15(11-25-16)18(24)23-8-6-13-14(7-9-23)21-22-17(13)12-4-2-1-3-5-12;/h1-5,11H,6-10,19H2,(H,21,22);1H. The zero-order valence-corrected chi connectivity index (χ0v) is 15.0. The first kappa shape index (κ1) is 18.2. The van der Waals surface area contributed by atoms with E-state index in [0.29, 0.717) is 24.7 Å². The molecular formula is C18H20ClN5O2. The number of benzene rings is 1. The number of H-pyrrole nitrogens is 1. The van der Waals surface area contributed by atoms with Crippen molar-refractivity contribution in [1.29, 1.82) is 0 Å². The number of oxazole rings is 1. The molecule has 3 heterocycles. The quantitative estimate of drug-likeness (QED) is 0.732. The number of hydrogen-bond donors (Lipinski definition) is 2. The lowest BCUT2D eigenvalue weighted by Crippen LogP contribution is -2.33. The summed E-state index contributed by atoms with van der Waals surface area (Å²) >= 11 is 0. The fraction of sp³-hybridized carbons (Fsp3) is 0.278. The fourth-order valence-corrected chi connectivity index (χ4v) is 3.19. The second-order valence-corrected chi connectivity index (χ2v) is 6.02. The summed E-state index contributed by atoms with van der Waals surface area (Å²) in [7, 11) is 0. The molecule has 0 unspecified atom stereocenters. The Kier molecular flexibility index (Phi) is 5.39. The Morgan fingerprint density at radius 3 is 2.73 bits per heavy atom. The van der Waals surface area contributed by atoms with Gasteiger partial charge in [-0.1, -0.05) is 30.3 Å². The number of amides is 1. The summed E-state index contributed by atoms with van der Waals surface area (Å²) in [6, 6.07) is 10.1. The van der Waals surface area contributed by atoms with Gasteiger partial charge in [0.05, 0.1) is 12.2 Å². The van der Waals surface area contributed by atoms with Crippen molar-refractivity contribution in [3.63, 3.8) is 0 Å². The van der Waals surface area contributed by atoms with Crippen LogP contribution in [-0.4, -0.2) is 39.1 Å². The Hall–Kier alpha value is -2.64. The molecule has 4 rings (SSSR count). The average Bonchev–Trinajstić information content (AvgIpc) is 3.24. The van der Waals surface area contributed by atoms with E-state index >= 15 is 0 Å². The highest BCUT2D eigenvalue weighted by Crippen LogP contribution is 2.26. The monoisotopic (exact) mass is 373 g/mol. The Labute approximate surface area is 157 Å². The maximum absolute atomic E-state index is 12.6. The molecule has 136 valence electrons. The van der Waals surface area contributed by atoms with E-state index in [1.807, 2.05) is 30.3 Å². The van der Waals surface area contributed by atoms with Crippen molar-refractivity contribution in [2.75, 3.05) is 13.1 Å². The van der Waals surface area contributed by atoms with Gasteiger partial charge in [0.2, 0.25) is 5.89 Å². The van der Waals surface area contributed by atoms with Crippen LogP contribution in [0.15, 0.2) is 41.0 Å². The van der Waals surface area contributed by atoms with Gasteiger partial charge in [-0.05, 0) is 6.42 Å². The molecule has 1 aliphatic rings. The minimum Gasteiger partial charge on any atom is -0.447 e. The first-order valence-electron chi connectivity index (χ1n) is 8.31. The zero-order valence-electron chi connectivity index (χ0n) is 14.1. The van der Waals surface area contributed by atoms with E-state index in [0.717, 1.165) is 29.8 Å². The van der Waals surface area contributed by atoms with Crippen molar-refractivity contribution in [3.05, 3.63) is 59.4 Å². The number of rotatable bonds is 3. The van der Waals surface area contributed by atoms with Crippen molar-refractivity contribution >= 4 is 18.3 Å². The van der Waals surface area contributed by atoms with Crippen molar-refractivity contribution in [3.8, 4) is 11.3 Å². The minimum absolute atomic E-state index is 0. The third-order valence-corrected chi connectivity index (χ3v) is 4.50. The zero-order chi connectivity index (χ0) is 17.2. The normalized spacial score (nSPS) is 13.7. The van der Waals surface area contributed by atoms with E-state index in [-0.39, 0.29) is 24.9 Å². The average molecular weight is 374 g/mol. The molecule has 3 N–H and O–H groups in total. The van der Waals surface area contributed by atoms with E-state index in [1.54, 1.807) is 4.90 Å². The van der Waals surface area contributed by atoms with Gasteiger partial charge in [-0.25, -0.2) is 4.98 Å². The first-order valence-corrected chi connectivity index (χ1v) is 8.31. The second-order valence-electron chi connectivity index (χ2n) is 6.02. The van der Waals surface area contributed by atoms with Crippen LogP contribution in [0.25, 0.3) is 11.3 Å². The topological polar surface area (TPSA) is 101 Å². The lowest BCUT2D eigenvalue weighted by Gasteiger charge is -2.18. The van der Waals surface area contributed by atoms with Gasteiger partial charge in [0.25, 0.3) is 5.91 Å². The predicted molar refractivity (Wildman–Crippen MR) is 99.0 cm³/mol. The molecule has 1 amide bonds. The van der Waals surface area contributed by atoms with Gasteiger partial charge in [0.15, 0.2) is 5.69 Å². The second kappa shape index (κ2) is 7.72. The molecule has 0 bridgehead atoms. The number of nitrogens with zero attached hydrogens (tertiary/aromatic N) is 3. The van der Waals surface area contributed by atoms with Crippen LogP contribution in [0.3, 0.4) is 0 Å². The molecule has 0 aliphatic carbocycles. The maximum atomic E-state index is 12.6. The maximum Gasteiger partial charge on any atom is 0.275 e. The van der Waals surface area contributed by atoms with Crippen molar-refractivity contribution in [2.24, 2.45) is 5.73 Å². The van der Waals surface area contributed by atoms with Gasteiger partial charge in [0, 0.05) is 36.3 Å². The van der Waals surface area contributed by atoms with Crippen LogP contribution in [0.4, 0.5) is 0 Å². The number of hydrogen-bond acceptors (Lipinski definition) is 5. The molecule has 0 radical (unpaired) electrons. The highest BCUT2D eigenvalue weighted by atomic mass is 35.5. The van der Waals surface area contributed by atoms with E-state index in [9.17, 15) is 4.79 Å². The molecule has 0 atom stereocenters. The van der Waals surface area contributed by atoms with Gasteiger partial charge >= 0.3 is 0 Å². The van der Waals surface area contributed by atoms with Crippen LogP contribution < -0.4 is 5.73 Å². The van der Waals surface area contributed by atoms with Crippen LogP contribution in [0.2, 0.25) is 0 Å². The first-order chi connectivity index (χ1) is 12.3. The van der Waals surface area contributed by atoms with E-state index in [1.165, 1.54) is 11.8 Å². The van der Waals surface area contributed by atoms with E-state index in [4.69, 9.17) is 10.2 Å². The summed E-state index contributed by atoms with van der Waals surface area (Å²) in [5.41, 5.74) is 10.1. The number of halogens is 1. The van der Waals surface area contributed by atoms with Gasteiger partial charge in [-0.3, -0.25) is 9.89 Å². The van der Waals surface area contributed by atoms with E-state index in [2.05, 4.69) is 15.2 Å². The smallest absolute Gasteiger partial charge is 0.275 e. The summed E-state index contributed by atoms with van der Waals surface area (Å²) in [6.07, 6.45) is 2.87. The number of aromatic nitrogens is 3. The number of nitrogens with two attached hydrogens (primary N) is 1. The number of nitrogens with one attached hydrogen (secondary N) is 1. The number of fused-ring (bicyclic) bond motifs is 1. The minimum atomic E-state index is -0.122. The largest absolute Gasteiger partial charge is 0.447 e. The van der Waals surface area contributed by atoms with Crippen LogP contribution in [0, 0.1) is 0 Å². The van der Waals surface area contributed by atoms with Gasteiger partial charge in [-0.2, -0.15) is 5.10 Å². The summed E-state index contributed by atoms with van der Waals surface area (Å²) in [5, 5.41) is 7.62. The number of carbonyl (C=O) groups is 1. The molecule has 0 fully saturated rings. The van der Waals surface area contributed by atoms with Crippen LogP contribution in [0.5, 0.6) is 0 Å². The molecule has 0 saturated heterocycles. The van der Waals surface area contributed by atoms with Gasteiger partial charge in [-0.15, -0.1) is 12.4 Å². The third-order valence-electron chi connectivity index (χ3n) is 4.50. The molecule has 1 aromatic carbocycles. The molecule has 26 heavy (non-hydrogen) atoms. The third kappa shape index (κ3) is 3.36. The molecule has 0 saturated carbocycles. The highest BCUT2D eigenvalue weighted by Gasteiger charge is 2.25. The highest BCUT2D eigenvalue weighted by molar-refractivity contribution is 5.92.